The Labute approximate surface area is 153 Å². The van der Waals surface area contributed by atoms with Gasteiger partial charge in [-0.2, -0.15) is 0 Å². The van der Waals surface area contributed by atoms with Gasteiger partial charge in [-0.25, -0.2) is 9.59 Å². The van der Waals surface area contributed by atoms with Crippen molar-refractivity contribution in [2.75, 3.05) is 0 Å². The molecule has 3 unspecified atom stereocenters. The highest BCUT2D eigenvalue weighted by atomic mass is 32.1. The van der Waals surface area contributed by atoms with Crippen molar-refractivity contribution in [2.45, 2.75) is 44.9 Å². The highest BCUT2D eigenvalue weighted by Gasteiger charge is 2.33. The molecule has 0 aromatic carbocycles. The van der Waals surface area contributed by atoms with E-state index in [2.05, 4.69) is 21.9 Å². The van der Waals surface area contributed by atoms with Gasteiger partial charge in [-0.15, -0.1) is 11.3 Å². The second-order valence-electron chi connectivity index (χ2n) is 6.00. The smallest absolute Gasteiger partial charge is 0.414 e. The number of carbonyl (C=O) groups is 3. The molecule has 3 rings (SSSR count). The second kappa shape index (κ2) is 8.77. The van der Waals surface area contributed by atoms with Gasteiger partial charge in [-0.1, -0.05) is 12.1 Å². The van der Waals surface area contributed by atoms with Crippen molar-refractivity contribution in [2.24, 2.45) is 11.1 Å². The van der Waals surface area contributed by atoms with Crippen LogP contribution in [0.25, 0.3) is 0 Å². The zero-order valence-corrected chi connectivity index (χ0v) is 14.9. The minimum Gasteiger partial charge on any atom is -0.473 e. The summed E-state index contributed by atoms with van der Waals surface area (Å²) in [6, 6.07) is 2.05. The quantitative estimate of drug-likeness (QED) is 0.436. The maximum atomic E-state index is 11.6. The summed E-state index contributed by atoms with van der Waals surface area (Å²) in [6.07, 6.45) is 1.98. The lowest BCUT2D eigenvalue weighted by atomic mass is 9.97. The topological polar surface area (TPSA) is 146 Å². The molecule has 0 spiro atoms. The van der Waals surface area contributed by atoms with E-state index >= 15 is 0 Å². The third-order valence-electron chi connectivity index (χ3n) is 4.01. The molecule has 2 aliphatic rings. The zero-order chi connectivity index (χ0) is 19.3. The number of hydrogen-bond acceptors (Lipinski definition) is 7. The monoisotopic (exact) mass is 384 g/mol. The first-order valence-corrected chi connectivity index (χ1v) is 8.91. The van der Waals surface area contributed by atoms with Crippen molar-refractivity contribution in [3.8, 4) is 0 Å². The number of carboxylic acid groups (broad SMARTS) is 2. The van der Waals surface area contributed by atoms with Gasteiger partial charge in [0.25, 0.3) is 0 Å². The Morgan fingerprint density at radius 2 is 2.00 bits per heavy atom. The maximum absolute atomic E-state index is 11.6. The second-order valence-corrected chi connectivity index (χ2v) is 7.00. The predicted molar refractivity (Wildman–Crippen MR) is 91.9 cm³/mol. The van der Waals surface area contributed by atoms with Crippen LogP contribution < -0.4 is 5.32 Å². The molecule has 1 aromatic rings. The number of aliphatic hydroxyl groups excluding tert-OH is 1. The highest BCUT2D eigenvalue weighted by molar-refractivity contribution is 7.10. The van der Waals surface area contributed by atoms with Gasteiger partial charge in [0.05, 0.1) is 5.71 Å². The van der Waals surface area contributed by atoms with Gasteiger partial charge in [0.2, 0.25) is 12.1 Å². The molecular weight excluding hydrogens is 364 g/mol. The first-order chi connectivity index (χ1) is 12.3. The molecule has 1 amide bonds. The van der Waals surface area contributed by atoms with Crippen LogP contribution in [0.15, 0.2) is 16.6 Å². The van der Waals surface area contributed by atoms with Crippen LogP contribution in [0.5, 0.6) is 0 Å². The minimum atomic E-state index is -1.82. The lowest BCUT2D eigenvalue weighted by Gasteiger charge is -2.30. The number of aliphatic carboxylic acids is 2. The fourth-order valence-corrected chi connectivity index (χ4v) is 3.57. The summed E-state index contributed by atoms with van der Waals surface area (Å²) < 4.78 is 0. The van der Waals surface area contributed by atoms with E-state index in [9.17, 15) is 9.90 Å². The zero-order valence-electron chi connectivity index (χ0n) is 14.0. The van der Waals surface area contributed by atoms with Crippen LogP contribution in [-0.2, 0) is 25.6 Å². The molecule has 0 saturated carbocycles. The van der Waals surface area contributed by atoms with Gasteiger partial charge in [0, 0.05) is 16.4 Å². The Balaban J connectivity index is 0.000000352. The standard InChI is InChI=1S/C14H18N2O3S.C2H2O4/c1-8-7-11(17)14(15-13(8)18)19-16-10-3-2-4-12-9(10)5-6-20-12;3-1(4)2(5)6/h5-6,8,11,14,17H,2-4,7H2,1H3,(H,15,18);(H,3,4)(H,5,6)/b16-10+;. The number of fused-ring (bicyclic) bond motifs is 1. The molecule has 1 aliphatic carbocycles. The van der Waals surface area contributed by atoms with Gasteiger partial charge in [0.15, 0.2) is 0 Å². The third-order valence-corrected chi connectivity index (χ3v) is 4.99. The number of oxime groups is 1. The molecule has 1 fully saturated rings. The van der Waals surface area contributed by atoms with Crippen LogP contribution in [0.4, 0.5) is 0 Å². The molecule has 0 bridgehead atoms. The fourth-order valence-electron chi connectivity index (χ4n) is 2.63. The third kappa shape index (κ3) is 5.02. The Kier molecular flexibility index (Phi) is 6.70. The molecule has 26 heavy (non-hydrogen) atoms. The van der Waals surface area contributed by atoms with Crippen LogP contribution in [0.2, 0.25) is 0 Å². The lowest BCUT2D eigenvalue weighted by molar-refractivity contribution is -0.159. The summed E-state index contributed by atoms with van der Waals surface area (Å²) in [5.74, 6) is -3.93. The number of thiophene rings is 1. The fraction of sp³-hybridized carbons (Fsp3) is 0.500. The number of amides is 1. The van der Waals surface area contributed by atoms with Gasteiger partial charge in [-0.3, -0.25) is 4.79 Å². The normalized spacial score (nSPS) is 26.2. The number of nitrogens with zero attached hydrogens (tertiary/aromatic N) is 1. The predicted octanol–water partition coefficient (Wildman–Crippen LogP) is 0.804. The van der Waals surface area contributed by atoms with E-state index in [0.717, 1.165) is 30.5 Å². The van der Waals surface area contributed by atoms with E-state index in [0.29, 0.717) is 6.42 Å². The Morgan fingerprint density at radius 1 is 1.31 bits per heavy atom. The molecule has 1 aliphatic heterocycles. The van der Waals surface area contributed by atoms with E-state index in [1.807, 2.05) is 0 Å². The largest absolute Gasteiger partial charge is 0.473 e. The first-order valence-electron chi connectivity index (χ1n) is 8.03. The van der Waals surface area contributed by atoms with Crippen molar-refractivity contribution >= 4 is 34.9 Å². The van der Waals surface area contributed by atoms with E-state index in [1.165, 1.54) is 4.88 Å². The number of carboxylic acids is 2. The van der Waals surface area contributed by atoms with E-state index < -0.39 is 24.3 Å². The molecule has 1 aromatic heterocycles. The average Bonchev–Trinajstić information content (AvgIpc) is 3.06. The van der Waals surface area contributed by atoms with Crippen LogP contribution >= 0.6 is 11.3 Å². The number of aryl methyl sites for hydroxylation is 1. The highest BCUT2D eigenvalue weighted by Crippen LogP contribution is 2.27. The van der Waals surface area contributed by atoms with E-state index in [1.54, 1.807) is 18.3 Å². The number of aliphatic hydroxyl groups is 1. The SMILES string of the molecule is CC1CC(O)C(O/N=C2\CCCc3sccc32)NC1=O.O=C(O)C(=O)O. The average molecular weight is 384 g/mol. The summed E-state index contributed by atoms with van der Waals surface area (Å²) in [4.78, 5) is 36.5. The molecule has 10 heteroatoms. The number of carbonyl (C=O) groups excluding carboxylic acids is 1. The maximum Gasteiger partial charge on any atom is 0.414 e. The number of hydrogen-bond donors (Lipinski definition) is 4. The van der Waals surface area contributed by atoms with Gasteiger partial charge in [0.1, 0.15) is 6.10 Å². The van der Waals surface area contributed by atoms with Crippen molar-refractivity contribution in [3.05, 3.63) is 21.9 Å². The summed E-state index contributed by atoms with van der Waals surface area (Å²) >= 11 is 1.74. The molecule has 3 atom stereocenters. The van der Waals surface area contributed by atoms with Gasteiger partial charge in [-0.05, 0) is 37.1 Å². The number of piperidine rings is 1. The van der Waals surface area contributed by atoms with Crippen LogP contribution in [0, 0.1) is 5.92 Å². The Morgan fingerprint density at radius 3 is 2.65 bits per heavy atom. The van der Waals surface area contributed by atoms with E-state index in [4.69, 9.17) is 24.6 Å². The first kappa shape index (κ1) is 19.9. The lowest BCUT2D eigenvalue weighted by Crippen LogP contribution is -2.52. The Hall–Kier alpha value is -2.46. The molecule has 0 radical (unpaired) electrons. The summed E-state index contributed by atoms with van der Waals surface area (Å²) in [5.41, 5.74) is 2.05. The van der Waals surface area contributed by atoms with Gasteiger partial charge >= 0.3 is 11.9 Å². The molecule has 9 nitrogen and oxygen atoms in total. The molecule has 1 saturated heterocycles. The molecule has 4 N–H and O–H groups in total. The summed E-state index contributed by atoms with van der Waals surface area (Å²) in [5, 5.41) is 33.6. The number of nitrogens with one attached hydrogen (secondary N) is 1. The van der Waals surface area contributed by atoms with Crippen LogP contribution in [0.1, 0.15) is 36.6 Å². The molecular formula is C16H20N2O7S. The van der Waals surface area contributed by atoms with Gasteiger partial charge < -0.3 is 25.5 Å². The van der Waals surface area contributed by atoms with Crippen molar-refractivity contribution in [1.82, 2.24) is 5.32 Å². The van der Waals surface area contributed by atoms with Crippen molar-refractivity contribution < 1.29 is 34.5 Å². The Bertz CT molecular complexity index is 703. The summed E-state index contributed by atoms with van der Waals surface area (Å²) in [7, 11) is 0. The van der Waals surface area contributed by atoms with Crippen molar-refractivity contribution in [1.29, 1.82) is 0 Å². The molecule has 2 heterocycles. The van der Waals surface area contributed by atoms with Crippen molar-refractivity contribution in [3.63, 3.8) is 0 Å². The van der Waals surface area contributed by atoms with E-state index in [-0.39, 0.29) is 11.8 Å². The number of rotatable bonds is 2. The van der Waals surface area contributed by atoms with Crippen LogP contribution in [-0.4, -0.2) is 51.2 Å². The summed E-state index contributed by atoms with van der Waals surface area (Å²) in [6.45, 7) is 1.79. The minimum absolute atomic E-state index is 0.0969. The molecule has 142 valence electrons. The van der Waals surface area contributed by atoms with Crippen LogP contribution in [0.3, 0.4) is 0 Å².